The Labute approximate surface area is 690 Å². The summed E-state index contributed by atoms with van der Waals surface area (Å²) in [4.78, 5) is 40.4. The van der Waals surface area contributed by atoms with Crippen LogP contribution in [0.4, 0.5) is 9.59 Å². The lowest BCUT2D eigenvalue weighted by atomic mass is 9.98. The van der Waals surface area contributed by atoms with Gasteiger partial charge in [0.1, 0.15) is 42.5 Å². The Balaban J connectivity index is 0.000000265. The molecule has 0 unspecified atom stereocenters. The topological polar surface area (TPSA) is 195 Å². The first-order chi connectivity index (χ1) is 54.8. The molecule has 10 rings (SSSR count). The molecule has 2 aliphatic carbocycles. The number of rotatable bonds is 36. The standard InChI is InChI=1S/C49H73N3O7Si2.C43H59N3O7Si/c1-33(2)61(14,34(3)4)58-27-20-19-21-37-31-52(26-28-56-37)47(50-9)43(29-36-30-44(59-60(12,13)49(6,7)8)46(55-11)35(5)45(36)54-10)51-48(53)57-32-42-40-24-17-15-22-38(40)39-23-16-18-25-41(39)42;1-28(2)54(9,29(3)4)53-22-15-14-16-32-26-46(21-23-51-32)42(44-6)38(24-31-25-39(47)41(50-8)30(5)40(31)49-7)45-43(48)52-27-37-35-19-12-10-17-33(35)34-18-11-13-20-36(34)37/h15-18,22-25,30,33-34,37,42-43,47H,19-21,26-29,31-32H2,1-8,10-14H3,(H,51,53);10-13,17-20,25,28-29,32,37-38,42,47H,14-16,21-24,26-27H2,1-5,7-9H3,(H,45,48)/t37-,43-,47+;32-,38-,42+/m00/s1. The van der Waals surface area contributed by atoms with Crippen molar-refractivity contribution in [1.29, 1.82) is 0 Å². The smallest absolute Gasteiger partial charge is 0.407 e. The Morgan fingerprint density at radius 1 is 0.530 bits per heavy atom. The molecule has 0 spiro atoms. The van der Waals surface area contributed by atoms with E-state index in [4.69, 9.17) is 64.3 Å². The van der Waals surface area contributed by atoms with Gasteiger partial charge in [0.2, 0.25) is 0 Å². The summed E-state index contributed by atoms with van der Waals surface area (Å²) in [6.45, 7) is 59.9. The van der Waals surface area contributed by atoms with E-state index >= 15 is 0 Å². The number of methoxy groups -OCH3 is 4. The van der Waals surface area contributed by atoms with Gasteiger partial charge in [0.25, 0.3) is 20.6 Å². The first-order valence-electron chi connectivity index (χ1n) is 41.6. The number of ether oxygens (including phenoxy) is 8. The largest absolute Gasteiger partial charge is 0.541 e. The maximum absolute atomic E-state index is 14.1. The van der Waals surface area contributed by atoms with Gasteiger partial charge in [-0.25, -0.2) is 32.5 Å². The Morgan fingerprint density at radius 3 is 1.22 bits per heavy atom. The lowest BCUT2D eigenvalue weighted by Crippen LogP contribution is -2.56. The second kappa shape index (κ2) is 41.0. The molecule has 20 nitrogen and oxygen atoms in total. The van der Waals surface area contributed by atoms with Gasteiger partial charge < -0.3 is 66.9 Å². The summed E-state index contributed by atoms with van der Waals surface area (Å²) in [5, 5.41) is 17.1. The summed E-state index contributed by atoms with van der Waals surface area (Å²) in [6.07, 6.45) is 3.44. The predicted molar refractivity (Wildman–Crippen MR) is 466 cm³/mol. The number of amides is 2. The number of hydrogen-bond acceptors (Lipinski definition) is 16. The number of nitrogens with one attached hydrogen (secondary N) is 2. The van der Waals surface area contributed by atoms with Crippen LogP contribution in [0.2, 0.25) is 53.4 Å². The van der Waals surface area contributed by atoms with Crippen molar-refractivity contribution in [3.63, 3.8) is 0 Å². The molecule has 2 fully saturated rings. The van der Waals surface area contributed by atoms with Gasteiger partial charge in [-0.3, -0.25) is 9.69 Å². The van der Waals surface area contributed by atoms with E-state index in [0.29, 0.717) is 108 Å². The first kappa shape index (κ1) is 91.0. The van der Waals surface area contributed by atoms with Crippen LogP contribution in [0, 0.1) is 27.0 Å². The molecule has 6 aromatic rings. The van der Waals surface area contributed by atoms with Crippen molar-refractivity contribution in [3.8, 4) is 56.8 Å². The molecule has 6 aromatic carbocycles. The number of hydrogen-bond donors (Lipinski definition) is 3. The molecule has 0 radical (unpaired) electrons. The van der Waals surface area contributed by atoms with Gasteiger partial charge in [-0.1, -0.05) is 173 Å². The second-order valence-electron chi connectivity index (χ2n) is 34.6. The SMILES string of the molecule is [C-]#[N+][C@@H]([C@H](Cc1cc(O)c(OC)c(C)c1OC)NC(=O)OCC1c2ccccc2-c2ccccc21)N1CCO[C@@H](CCCCO[Si](C)(C(C)C)C(C)C)C1.[C-]#[N+][C@@H]([C@H](Cc1cc(O[Si](C)(C)C(C)(C)C)c(OC)c(C)c1OC)NC(=O)OCC1c2ccccc2-c2ccccc21)N1CCO[C@@H](CCCCO[Si](C)(C(C)C)C(C)C)C1. The van der Waals surface area contributed by atoms with Gasteiger partial charge in [-0.05, 0) is 162 Å². The minimum Gasteiger partial charge on any atom is -0.541 e. The van der Waals surface area contributed by atoms with E-state index in [0.717, 1.165) is 107 Å². The molecule has 3 N–H and O–H groups in total. The number of benzene rings is 6. The first-order valence-corrected chi connectivity index (χ1v) is 49.6. The average molecular weight is 1630 g/mol. The van der Waals surface area contributed by atoms with E-state index in [1.54, 1.807) is 27.4 Å². The molecular weight excluding hydrogens is 1500 g/mol. The number of phenols is 1. The van der Waals surface area contributed by atoms with Crippen molar-refractivity contribution < 1.29 is 65.9 Å². The number of fused-ring (bicyclic) bond motifs is 6. The van der Waals surface area contributed by atoms with Crippen molar-refractivity contribution in [2.24, 2.45) is 0 Å². The Morgan fingerprint density at radius 2 is 0.878 bits per heavy atom. The van der Waals surface area contributed by atoms with Gasteiger partial charge in [0.05, 0.1) is 53.9 Å². The zero-order valence-corrected chi connectivity index (χ0v) is 75.6. The van der Waals surface area contributed by atoms with Gasteiger partial charge in [-0.15, -0.1) is 0 Å². The van der Waals surface area contributed by atoms with Gasteiger partial charge in [0, 0.05) is 86.3 Å². The fourth-order valence-electron chi connectivity index (χ4n) is 16.8. The van der Waals surface area contributed by atoms with E-state index in [9.17, 15) is 14.7 Å². The molecule has 2 saturated heterocycles. The number of morpholine rings is 2. The summed E-state index contributed by atoms with van der Waals surface area (Å²) >= 11 is 0. The molecular formula is C92H132N6O14Si3. The van der Waals surface area contributed by atoms with E-state index in [1.165, 1.54) is 7.11 Å². The van der Waals surface area contributed by atoms with Crippen LogP contribution in [0.5, 0.6) is 34.5 Å². The van der Waals surface area contributed by atoms with E-state index in [-0.39, 0.29) is 54.5 Å². The Kier molecular flexibility index (Phi) is 32.4. The molecule has 2 heterocycles. The van der Waals surface area contributed by atoms with Crippen LogP contribution in [-0.2, 0) is 40.6 Å². The maximum atomic E-state index is 14.1. The van der Waals surface area contributed by atoms with Crippen molar-refractivity contribution in [3.05, 3.63) is 177 Å². The van der Waals surface area contributed by atoms with E-state index < -0.39 is 61.6 Å². The minimum absolute atomic E-state index is 0.0331. The molecule has 6 atom stereocenters. The van der Waals surface area contributed by atoms with Crippen LogP contribution in [0.1, 0.15) is 171 Å². The molecule has 4 aliphatic rings. The Hall–Kier alpha value is -7.95. The normalized spacial score (nSPS) is 17.1. The number of nitrogens with zero attached hydrogens (tertiary/aromatic N) is 4. The quantitative estimate of drug-likeness (QED) is 0.0191. The highest BCUT2D eigenvalue weighted by atomic mass is 28.4. The van der Waals surface area contributed by atoms with Crippen molar-refractivity contribution in [2.45, 2.75) is 243 Å². The van der Waals surface area contributed by atoms with Gasteiger partial charge in [-0.2, -0.15) is 0 Å². The molecule has 0 bridgehead atoms. The van der Waals surface area contributed by atoms with Gasteiger partial charge >= 0.3 is 12.2 Å². The third-order valence-corrected chi connectivity index (χ3v) is 40.7. The zero-order chi connectivity index (χ0) is 83.7. The highest BCUT2D eigenvalue weighted by Gasteiger charge is 2.45. The van der Waals surface area contributed by atoms with Crippen molar-refractivity contribution in [2.75, 3.05) is 94.3 Å². The number of alkyl carbamates (subject to hydrolysis) is 2. The van der Waals surface area contributed by atoms with Crippen LogP contribution in [0.25, 0.3) is 31.9 Å². The van der Waals surface area contributed by atoms with Crippen LogP contribution in [0.3, 0.4) is 0 Å². The third-order valence-electron chi connectivity index (χ3n) is 25.5. The summed E-state index contributed by atoms with van der Waals surface area (Å²) in [5.41, 5.74) is 14.3. The fraction of sp³-hybridized carbons (Fsp3) is 0.565. The molecule has 2 aliphatic heterocycles. The number of unbranched alkanes of at least 4 members (excludes halogenated alkanes) is 2. The lowest BCUT2D eigenvalue weighted by Gasteiger charge is -2.37. The van der Waals surface area contributed by atoms with Crippen LogP contribution >= 0.6 is 0 Å². The number of aromatic hydroxyl groups is 1. The average Bonchev–Trinajstić information content (AvgIpc) is 1.68. The fourth-order valence-corrected chi connectivity index (χ4v) is 22.9. The summed E-state index contributed by atoms with van der Waals surface area (Å²) < 4.78 is 67.8. The van der Waals surface area contributed by atoms with Gasteiger partial charge in [0.15, 0.2) is 33.9 Å². The highest BCUT2D eigenvalue weighted by molar-refractivity contribution is 6.75. The Bertz CT molecular complexity index is 4200. The number of carbonyl (C=O) groups excluding carboxylic acids is 2. The molecule has 626 valence electrons. The third kappa shape index (κ3) is 21.7. The summed E-state index contributed by atoms with van der Waals surface area (Å²) in [7, 11) is 0.453. The number of carbonyl (C=O) groups is 2. The van der Waals surface area contributed by atoms with E-state index in [1.807, 2.05) is 68.4 Å². The molecule has 23 heteroatoms. The summed E-state index contributed by atoms with van der Waals surface area (Å²) in [6, 6.07) is 35.3. The van der Waals surface area contributed by atoms with Crippen LogP contribution < -0.4 is 34.0 Å². The maximum Gasteiger partial charge on any atom is 0.407 e. The number of phenolic OH excluding ortho intramolecular Hbond substituents is 1. The minimum atomic E-state index is -2.29. The summed E-state index contributed by atoms with van der Waals surface area (Å²) in [5.74, 6) is 2.52. The predicted octanol–water partition coefficient (Wildman–Crippen LogP) is 20.1. The van der Waals surface area contributed by atoms with Crippen LogP contribution in [0.15, 0.2) is 109 Å². The molecule has 115 heavy (non-hydrogen) atoms. The molecule has 0 aromatic heterocycles. The lowest BCUT2D eigenvalue weighted by molar-refractivity contribution is -0.0461. The second-order valence-corrected chi connectivity index (χ2v) is 49.3. The highest BCUT2D eigenvalue weighted by Crippen LogP contribution is 2.49. The van der Waals surface area contributed by atoms with Crippen molar-refractivity contribution in [1.82, 2.24) is 20.4 Å². The van der Waals surface area contributed by atoms with Crippen molar-refractivity contribution >= 4 is 37.1 Å². The zero-order valence-electron chi connectivity index (χ0n) is 72.6. The monoisotopic (exact) mass is 1630 g/mol. The molecule has 2 amide bonds. The van der Waals surface area contributed by atoms with E-state index in [2.05, 4.69) is 181 Å². The van der Waals surface area contributed by atoms with Crippen LogP contribution in [-0.4, -0.2) is 183 Å². The molecule has 0 saturated carbocycles.